The molecule has 0 amide bonds. The lowest BCUT2D eigenvalue weighted by Gasteiger charge is -2.09. The van der Waals surface area contributed by atoms with E-state index in [0.29, 0.717) is 5.82 Å². The Hall–Kier alpha value is -1.39. The summed E-state index contributed by atoms with van der Waals surface area (Å²) in [7, 11) is 0. The minimum atomic E-state index is -0.687. The second-order valence-corrected chi connectivity index (χ2v) is 3.96. The Morgan fingerprint density at radius 3 is 2.88 bits per heavy atom. The van der Waals surface area contributed by atoms with Crippen LogP contribution in [0.15, 0.2) is 18.2 Å². The highest BCUT2D eigenvalue weighted by Crippen LogP contribution is 2.21. The summed E-state index contributed by atoms with van der Waals surface area (Å²) in [6, 6.07) is 6.11. The molecule has 0 fully saturated rings. The molecular weight excluding hydrogens is 202 g/mol. The zero-order chi connectivity index (χ0) is 11.7. The highest BCUT2D eigenvalue weighted by Gasteiger charge is 2.15. The van der Waals surface area contributed by atoms with Crippen molar-refractivity contribution in [2.75, 3.05) is 6.54 Å². The molecule has 0 spiro atoms. The number of benzene rings is 1. The summed E-state index contributed by atoms with van der Waals surface area (Å²) in [4.78, 5) is 4.45. The second kappa shape index (κ2) is 4.23. The van der Waals surface area contributed by atoms with Crippen LogP contribution in [0.4, 0.5) is 0 Å². The molecule has 4 heteroatoms. The van der Waals surface area contributed by atoms with Gasteiger partial charge in [-0.15, -0.1) is 0 Å². The Bertz CT molecular complexity index is 504. The number of nitrogens with zero attached hydrogens (tertiary/aromatic N) is 2. The van der Waals surface area contributed by atoms with Crippen molar-refractivity contribution in [1.29, 1.82) is 0 Å². The molecule has 0 aliphatic rings. The summed E-state index contributed by atoms with van der Waals surface area (Å²) in [6.07, 6.45) is -0.687. The first kappa shape index (κ1) is 11.1. The number of rotatable bonds is 3. The Balaban J connectivity index is 2.65. The smallest absolute Gasteiger partial charge is 0.140 e. The first-order chi connectivity index (χ1) is 7.67. The number of aliphatic hydroxyl groups excluding tert-OH is 1. The van der Waals surface area contributed by atoms with E-state index in [-0.39, 0.29) is 6.54 Å². The average Bonchev–Trinajstić information content (AvgIpc) is 2.65. The number of hydrogen-bond donors (Lipinski definition) is 2. The van der Waals surface area contributed by atoms with Gasteiger partial charge in [0.2, 0.25) is 0 Å². The molecule has 1 aromatic heterocycles. The molecule has 0 saturated heterocycles. The molecule has 3 N–H and O–H groups in total. The number of fused-ring (bicyclic) bond motifs is 1. The maximum atomic E-state index is 9.80. The van der Waals surface area contributed by atoms with Crippen molar-refractivity contribution >= 4 is 11.0 Å². The average molecular weight is 219 g/mol. The second-order valence-electron chi connectivity index (χ2n) is 3.96. The fourth-order valence-electron chi connectivity index (χ4n) is 1.95. The van der Waals surface area contributed by atoms with Crippen molar-refractivity contribution in [3.63, 3.8) is 0 Å². The predicted octanol–water partition coefficient (Wildman–Crippen LogP) is 1.36. The highest BCUT2D eigenvalue weighted by atomic mass is 16.3. The first-order valence-electron chi connectivity index (χ1n) is 5.52. The van der Waals surface area contributed by atoms with E-state index in [1.165, 1.54) is 5.56 Å². The molecule has 0 bridgehead atoms. The summed E-state index contributed by atoms with van der Waals surface area (Å²) < 4.78 is 2.01. The number of nitrogens with two attached hydrogens (primary N) is 1. The van der Waals surface area contributed by atoms with Gasteiger partial charge >= 0.3 is 0 Å². The first-order valence-corrected chi connectivity index (χ1v) is 5.52. The van der Waals surface area contributed by atoms with Crippen molar-refractivity contribution in [2.45, 2.75) is 26.5 Å². The van der Waals surface area contributed by atoms with Gasteiger partial charge in [0.25, 0.3) is 0 Å². The predicted molar refractivity (Wildman–Crippen MR) is 64.2 cm³/mol. The van der Waals surface area contributed by atoms with Crippen molar-refractivity contribution in [3.05, 3.63) is 29.6 Å². The van der Waals surface area contributed by atoms with Gasteiger partial charge in [-0.05, 0) is 31.5 Å². The van der Waals surface area contributed by atoms with Gasteiger partial charge in [-0.2, -0.15) is 0 Å². The van der Waals surface area contributed by atoms with Gasteiger partial charge in [-0.1, -0.05) is 6.07 Å². The normalized spacial score (nSPS) is 13.2. The molecule has 2 rings (SSSR count). The van der Waals surface area contributed by atoms with Crippen LogP contribution < -0.4 is 5.73 Å². The lowest BCUT2D eigenvalue weighted by atomic mass is 10.2. The van der Waals surface area contributed by atoms with Crippen LogP contribution in [0.25, 0.3) is 11.0 Å². The minimum absolute atomic E-state index is 0.197. The minimum Gasteiger partial charge on any atom is -0.384 e. The van der Waals surface area contributed by atoms with Crippen LogP contribution in [-0.4, -0.2) is 21.2 Å². The fraction of sp³-hybridized carbons (Fsp3) is 0.417. The zero-order valence-electron chi connectivity index (χ0n) is 9.64. The maximum Gasteiger partial charge on any atom is 0.140 e. The molecule has 16 heavy (non-hydrogen) atoms. The van der Waals surface area contributed by atoms with Crippen LogP contribution in [0.2, 0.25) is 0 Å². The lowest BCUT2D eigenvalue weighted by molar-refractivity contribution is 0.172. The Labute approximate surface area is 94.7 Å². The van der Waals surface area contributed by atoms with Crippen LogP contribution in [0, 0.1) is 6.92 Å². The summed E-state index contributed by atoms with van der Waals surface area (Å²) in [5.41, 5.74) is 8.62. The maximum absolute atomic E-state index is 9.80. The number of aryl methyl sites for hydroxylation is 2. The summed E-state index contributed by atoms with van der Waals surface area (Å²) >= 11 is 0. The molecular formula is C12H17N3O. The Morgan fingerprint density at radius 2 is 2.25 bits per heavy atom. The lowest BCUT2D eigenvalue weighted by Crippen LogP contribution is -2.16. The molecule has 2 aromatic rings. The Kier molecular flexibility index (Phi) is 2.94. The number of hydrogen-bond acceptors (Lipinski definition) is 3. The van der Waals surface area contributed by atoms with Crippen molar-refractivity contribution < 1.29 is 5.11 Å². The topological polar surface area (TPSA) is 64.1 Å². The van der Waals surface area contributed by atoms with Gasteiger partial charge in [-0.3, -0.25) is 0 Å². The van der Waals surface area contributed by atoms with Crippen LogP contribution in [-0.2, 0) is 6.54 Å². The molecule has 0 aliphatic carbocycles. The van der Waals surface area contributed by atoms with Gasteiger partial charge in [0, 0.05) is 13.1 Å². The van der Waals surface area contributed by atoms with E-state index in [1.54, 1.807) is 0 Å². The van der Waals surface area contributed by atoms with E-state index in [2.05, 4.69) is 11.1 Å². The number of aromatic nitrogens is 2. The standard InChI is InChI=1S/C12H17N3O/c1-3-15-10-5-4-8(2)6-9(10)14-12(15)11(16)7-13/h4-6,11,16H,3,7,13H2,1-2H3. The van der Waals surface area contributed by atoms with Gasteiger partial charge in [-0.25, -0.2) is 4.98 Å². The van der Waals surface area contributed by atoms with Gasteiger partial charge < -0.3 is 15.4 Å². The molecule has 1 atom stereocenters. The third kappa shape index (κ3) is 1.70. The summed E-state index contributed by atoms with van der Waals surface area (Å²) in [5.74, 6) is 0.658. The van der Waals surface area contributed by atoms with E-state index in [9.17, 15) is 5.11 Å². The van der Waals surface area contributed by atoms with Crippen LogP contribution in [0.5, 0.6) is 0 Å². The van der Waals surface area contributed by atoms with Gasteiger partial charge in [0.1, 0.15) is 11.9 Å². The van der Waals surface area contributed by atoms with Gasteiger partial charge in [0.15, 0.2) is 0 Å². The number of aliphatic hydroxyl groups is 1. The molecule has 1 aromatic carbocycles. The molecule has 1 unspecified atom stereocenters. The summed E-state index contributed by atoms with van der Waals surface area (Å²) in [5, 5.41) is 9.80. The van der Waals surface area contributed by atoms with Crippen LogP contribution in [0.3, 0.4) is 0 Å². The Morgan fingerprint density at radius 1 is 1.50 bits per heavy atom. The SMILES string of the molecule is CCn1c(C(O)CN)nc2cc(C)ccc21. The van der Waals surface area contributed by atoms with E-state index >= 15 is 0 Å². The van der Waals surface area contributed by atoms with E-state index in [1.807, 2.05) is 30.5 Å². The van der Waals surface area contributed by atoms with E-state index in [4.69, 9.17) is 5.73 Å². The van der Waals surface area contributed by atoms with Crippen molar-refractivity contribution in [1.82, 2.24) is 9.55 Å². The van der Waals surface area contributed by atoms with Crippen molar-refractivity contribution in [2.24, 2.45) is 5.73 Å². The molecule has 1 heterocycles. The molecule has 0 saturated carbocycles. The fourth-order valence-corrected chi connectivity index (χ4v) is 1.95. The summed E-state index contributed by atoms with van der Waals surface area (Å²) in [6.45, 7) is 5.05. The molecule has 86 valence electrons. The molecule has 4 nitrogen and oxygen atoms in total. The van der Waals surface area contributed by atoms with Crippen molar-refractivity contribution in [3.8, 4) is 0 Å². The molecule has 0 radical (unpaired) electrons. The van der Waals surface area contributed by atoms with Crippen LogP contribution in [0.1, 0.15) is 24.4 Å². The highest BCUT2D eigenvalue weighted by molar-refractivity contribution is 5.77. The quantitative estimate of drug-likeness (QED) is 0.819. The number of imidazole rings is 1. The third-order valence-corrected chi connectivity index (χ3v) is 2.77. The van der Waals surface area contributed by atoms with E-state index < -0.39 is 6.10 Å². The monoisotopic (exact) mass is 219 g/mol. The zero-order valence-corrected chi connectivity index (χ0v) is 9.64. The third-order valence-electron chi connectivity index (χ3n) is 2.77. The molecule has 0 aliphatic heterocycles. The largest absolute Gasteiger partial charge is 0.384 e. The van der Waals surface area contributed by atoms with E-state index in [0.717, 1.165) is 17.6 Å². The van der Waals surface area contributed by atoms with Gasteiger partial charge in [0.05, 0.1) is 11.0 Å². The van der Waals surface area contributed by atoms with Crippen LogP contribution >= 0.6 is 0 Å².